The van der Waals surface area contributed by atoms with E-state index >= 15 is 0 Å². The molecule has 7 nitrogen and oxygen atoms in total. The standard InChI is InChI=1S/C22H26N4O3/c1-4-16-9-11-17(12-10-16)24-22(28)23-15(2)20-25-19-8-6-5-7-18(19)21(27)26(20)13-14-29-3/h5-12,15H,4,13-14H2,1-3H3,(H2,23,24,28)/t15-/m0/s1. The van der Waals surface area contributed by atoms with Gasteiger partial charge in [-0.05, 0) is 43.2 Å². The summed E-state index contributed by atoms with van der Waals surface area (Å²) in [6, 6.07) is 14.1. The molecule has 7 heteroatoms. The number of aromatic nitrogens is 2. The molecular formula is C22H26N4O3. The number of hydrogen-bond donors (Lipinski definition) is 2. The quantitative estimate of drug-likeness (QED) is 0.642. The van der Waals surface area contributed by atoms with Crippen LogP contribution < -0.4 is 16.2 Å². The molecule has 0 radical (unpaired) electrons. The van der Waals surface area contributed by atoms with Crippen LogP contribution in [0.5, 0.6) is 0 Å². The van der Waals surface area contributed by atoms with Gasteiger partial charge in [0.1, 0.15) is 5.82 Å². The number of carbonyl (C=O) groups is 1. The molecular weight excluding hydrogens is 368 g/mol. The van der Waals surface area contributed by atoms with Crippen LogP contribution in [0, 0.1) is 0 Å². The number of ether oxygens (including phenoxy) is 1. The Labute approximate surface area is 169 Å². The number of fused-ring (bicyclic) bond motifs is 1. The summed E-state index contributed by atoms with van der Waals surface area (Å²) in [5, 5.41) is 6.23. The van der Waals surface area contributed by atoms with Gasteiger partial charge in [-0.2, -0.15) is 0 Å². The van der Waals surface area contributed by atoms with Gasteiger partial charge in [0.15, 0.2) is 0 Å². The molecule has 1 aromatic heterocycles. The molecule has 0 saturated heterocycles. The second-order valence-corrected chi connectivity index (χ2v) is 6.81. The van der Waals surface area contributed by atoms with Crippen LogP contribution in [-0.4, -0.2) is 29.3 Å². The number of para-hydroxylation sites is 1. The van der Waals surface area contributed by atoms with Gasteiger partial charge in [-0.3, -0.25) is 9.36 Å². The molecule has 3 aromatic rings. The molecule has 29 heavy (non-hydrogen) atoms. The smallest absolute Gasteiger partial charge is 0.319 e. The molecule has 0 aliphatic carbocycles. The highest BCUT2D eigenvalue weighted by Gasteiger charge is 2.18. The van der Waals surface area contributed by atoms with E-state index in [1.54, 1.807) is 30.7 Å². The van der Waals surface area contributed by atoms with Crippen LogP contribution in [0.25, 0.3) is 10.9 Å². The van der Waals surface area contributed by atoms with Crippen molar-refractivity contribution in [3.63, 3.8) is 0 Å². The third-order valence-corrected chi connectivity index (χ3v) is 4.77. The number of methoxy groups -OCH3 is 1. The number of anilines is 1. The van der Waals surface area contributed by atoms with Gasteiger partial charge in [-0.25, -0.2) is 9.78 Å². The first-order chi connectivity index (χ1) is 14.0. The van der Waals surface area contributed by atoms with E-state index in [2.05, 4.69) is 22.5 Å². The van der Waals surface area contributed by atoms with Gasteiger partial charge in [0.2, 0.25) is 0 Å². The monoisotopic (exact) mass is 394 g/mol. The number of aryl methyl sites for hydroxylation is 1. The van der Waals surface area contributed by atoms with Crippen molar-refractivity contribution in [3.8, 4) is 0 Å². The average molecular weight is 394 g/mol. The molecule has 2 amide bonds. The highest BCUT2D eigenvalue weighted by molar-refractivity contribution is 5.89. The maximum Gasteiger partial charge on any atom is 0.319 e. The molecule has 2 N–H and O–H groups in total. The van der Waals surface area contributed by atoms with Crippen molar-refractivity contribution < 1.29 is 9.53 Å². The summed E-state index contributed by atoms with van der Waals surface area (Å²) in [7, 11) is 1.58. The Bertz CT molecular complexity index is 1040. The summed E-state index contributed by atoms with van der Waals surface area (Å²) in [6.07, 6.45) is 0.941. The Morgan fingerprint density at radius 3 is 2.59 bits per heavy atom. The Balaban J connectivity index is 1.83. The zero-order valence-corrected chi connectivity index (χ0v) is 16.9. The summed E-state index contributed by atoms with van der Waals surface area (Å²) in [4.78, 5) is 30.0. The first-order valence-corrected chi connectivity index (χ1v) is 9.68. The predicted octanol–water partition coefficient (Wildman–Crippen LogP) is 3.49. The fourth-order valence-corrected chi connectivity index (χ4v) is 3.17. The minimum absolute atomic E-state index is 0.146. The molecule has 0 spiro atoms. The zero-order chi connectivity index (χ0) is 20.8. The van der Waals surface area contributed by atoms with Crippen molar-refractivity contribution >= 4 is 22.6 Å². The first kappa shape index (κ1) is 20.5. The van der Waals surface area contributed by atoms with Crippen LogP contribution in [0.15, 0.2) is 53.3 Å². The summed E-state index contributed by atoms with van der Waals surface area (Å²) in [6.45, 7) is 4.61. The molecule has 0 unspecified atom stereocenters. The molecule has 152 valence electrons. The number of rotatable bonds is 7. The number of nitrogens with zero attached hydrogens (tertiary/aromatic N) is 2. The highest BCUT2D eigenvalue weighted by atomic mass is 16.5. The minimum Gasteiger partial charge on any atom is -0.383 e. The topological polar surface area (TPSA) is 85.3 Å². The van der Waals surface area contributed by atoms with E-state index in [-0.39, 0.29) is 11.6 Å². The molecule has 0 aliphatic rings. The Hall–Kier alpha value is -3.19. The normalized spacial score (nSPS) is 12.0. The van der Waals surface area contributed by atoms with Gasteiger partial charge in [-0.1, -0.05) is 31.2 Å². The second kappa shape index (κ2) is 9.34. The largest absolute Gasteiger partial charge is 0.383 e. The van der Waals surface area contributed by atoms with Gasteiger partial charge in [-0.15, -0.1) is 0 Å². The summed E-state index contributed by atoms with van der Waals surface area (Å²) >= 11 is 0. The molecule has 0 saturated carbocycles. The lowest BCUT2D eigenvalue weighted by molar-refractivity contribution is 0.184. The fraction of sp³-hybridized carbons (Fsp3) is 0.318. The number of urea groups is 1. The maximum atomic E-state index is 12.9. The van der Waals surface area contributed by atoms with Crippen molar-refractivity contribution in [3.05, 3.63) is 70.3 Å². The molecule has 1 heterocycles. The van der Waals surface area contributed by atoms with E-state index in [9.17, 15) is 9.59 Å². The Morgan fingerprint density at radius 1 is 1.17 bits per heavy atom. The summed E-state index contributed by atoms with van der Waals surface area (Å²) < 4.78 is 6.70. The SMILES string of the molecule is CCc1ccc(NC(=O)N[C@@H](C)c2nc3ccccc3c(=O)n2CCOC)cc1. The van der Waals surface area contributed by atoms with Crippen molar-refractivity contribution in [2.75, 3.05) is 19.0 Å². The van der Waals surface area contributed by atoms with E-state index in [0.29, 0.717) is 35.6 Å². The molecule has 1 atom stereocenters. The van der Waals surface area contributed by atoms with Crippen LogP contribution in [0.2, 0.25) is 0 Å². The summed E-state index contributed by atoms with van der Waals surface area (Å²) in [5.41, 5.74) is 2.36. The summed E-state index contributed by atoms with van der Waals surface area (Å²) in [5.74, 6) is 0.488. The highest BCUT2D eigenvalue weighted by Crippen LogP contribution is 2.15. The van der Waals surface area contributed by atoms with Crippen molar-refractivity contribution in [2.24, 2.45) is 0 Å². The maximum absolute atomic E-state index is 12.9. The first-order valence-electron chi connectivity index (χ1n) is 9.68. The second-order valence-electron chi connectivity index (χ2n) is 6.81. The van der Waals surface area contributed by atoms with Crippen molar-refractivity contribution in [1.82, 2.24) is 14.9 Å². The van der Waals surface area contributed by atoms with E-state index in [4.69, 9.17) is 4.74 Å². The molecule has 0 bridgehead atoms. The van der Waals surface area contributed by atoms with Crippen LogP contribution in [0.4, 0.5) is 10.5 Å². The number of nitrogens with one attached hydrogen (secondary N) is 2. The zero-order valence-electron chi connectivity index (χ0n) is 16.9. The number of hydrogen-bond acceptors (Lipinski definition) is 4. The minimum atomic E-state index is -0.473. The lowest BCUT2D eigenvalue weighted by Crippen LogP contribution is -2.36. The molecule has 2 aromatic carbocycles. The van der Waals surface area contributed by atoms with Gasteiger partial charge in [0, 0.05) is 12.8 Å². The van der Waals surface area contributed by atoms with E-state index < -0.39 is 6.04 Å². The molecule has 0 aliphatic heterocycles. The Kier molecular flexibility index (Phi) is 6.61. The fourth-order valence-electron chi connectivity index (χ4n) is 3.17. The number of carbonyl (C=O) groups excluding carboxylic acids is 1. The van der Waals surface area contributed by atoms with Gasteiger partial charge in [0.25, 0.3) is 5.56 Å². The third kappa shape index (κ3) is 4.81. The van der Waals surface area contributed by atoms with Crippen LogP contribution >= 0.6 is 0 Å². The number of amides is 2. The van der Waals surface area contributed by atoms with Gasteiger partial charge >= 0.3 is 6.03 Å². The lowest BCUT2D eigenvalue weighted by atomic mass is 10.1. The predicted molar refractivity (Wildman–Crippen MR) is 114 cm³/mol. The van der Waals surface area contributed by atoms with E-state index in [1.165, 1.54) is 5.56 Å². The average Bonchev–Trinajstić information content (AvgIpc) is 2.73. The van der Waals surface area contributed by atoms with Gasteiger partial charge in [0.05, 0.1) is 30.1 Å². The third-order valence-electron chi connectivity index (χ3n) is 4.77. The van der Waals surface area contributed by atoms with E-state index in [0.717, 1.165) is 6.42 Å². The number of benzene rings is 2. The van der Waals surface area contributed by atoms with Crippen molar-refractivity contribution in [2.45, 2.75) is 32.9 Å². The van der Waals surface area contributed by atoms with E-state index in [1.807, 2.05) is 36.4 Å². The van der Waals surface area contributed by atoms with Crippen LogP contribution in [0.1, 0.15) is 31.3 Å². The lowest BCUT2D eigenvalue weighted by Gasteiger charge is -2.19. The molecule has 3 rings (SSSR count). The Morgan fingerprint density at radius 2 is 1.90 bits per heavy atom. The molecule has 0 fully saturated rings. The van der Waals surface area contributed by atoms with Crippen LogP contribution in [-0.2, 0) is 17.7 Å². The van der Waals surface area contributed by atoms with Crippen molar-refractivity contribution in [1.29, 1.82) is 0 Å². The van der Waals surface area contributed by atoms with Gasteiger partial charge < -0.3 is 15.4 Å². The van der Waals surface area contributed by atoms with Crippen LogP contribution in [0.3, 0.4) is 0 Å².